The molecule has 1 heterocycles. The van der Waals surface area contributed by atoms with Gasteiger partial charge in [-0.05, 0) is 19.4 Å². The number of benzene rings is 1. The van der Waals surface area contributed by atoms with E-state index in [1.807, 2.05) is 24.3 Å². The van der Waals surface area contributed by atoms with Crippen LogP contribution in [0.1, 0.15) is 30.1 Å². The van der Waals surface area contributed by atoms with Crippen LogP contribution in [0, 0.1) is 0 Å². The fraction of sp³-hybridized carbons (Fsp3) is 0.286. The summed E-state index contributed by atoms with van der Waals surface area (Å²) in [6.07, 6.45) is 2.14. The summed E-state index contributed by atoms with van der Waals surface area (Å²) in [6, 6.07) is 7.39. The number of aliphatic carboxylic acids is 1. The van der Waals surface area contributed by atoms with Crippen molar-refractivity contribution in [3.8, 4) is 0 Å². The van der Waals surface area contributed by atoms with E-state index in [1.54, 1.807) is 13.1 Å². The number of H-pyrrole nitrogens is 1. The molecule has 0 saturated heterocycles. The molecular formula is C14H16N2O3. The van der Waals surface area contributed by atoms with Crippen LogP contribution in [0.3, 0.4) is 0 Å². The second kappa shape index (κ2) is 5.56. The summed E-state index contributed by atoms with van der Waals surface area (Å²) in [7, 11) is 0. The molecule has 3 N–H and O–H groups in total. The number of carboxylic acid groups (broad SMARTS) is 1. The Morgan fingerprint density at radius 3 is 2.84 bits per heavy atom. The summed E-state index contributed by atoms with van der Waals surface area (Å²) in [5.74, 6) is -1.04. The standard InChI is InChI=1S/C14H16N2O3/c1-9(6-7-13(17)18)16-14(19)11-8-15-12-5-3-2-4-10(11)12/h2-5,8-9,15H,6-7H2,1H3,(H,16,19)(H,17,18). The molecule has 1 unspecified atom stereocenters. The van der Waals surface area contributed by atoms with Crippen molar-refractivity contribution in [1.82, 2.24) is 10.3 Å². The van der Waals surface area contributed by atoms with Crippen molar-refractivity contribution in [1.29, 1.82) is 0 Å². The normalized spacial score (nSPS) is 12.3. The second-order valence-electron chi connectivity index (χ2n) is 4.55. The summed E-state index contributed by atoms with van der Waals surface area (Å²) in [4.78, 5) is 25.6. The van der Waals surface area contributed by atoms with E-state index >= 15 is 0 Å². The number of hydrogen-bond donors (Lipinski definition) is 3. The Morgan fingerprint density at radius 1 is 1.37 bits per heavy atom. The molecule has 0 aliphatic rings. The molecule has 5 nitrogen and oxygen atoms in total. The lowest BCUT2D eigenvalue weighted by atomic mass is 10.1. The second-order valence-corrected chi connectivity index (χ2v) is 4.55. The predicted octanol–water partition coefficient (Wildman–Crippen LogP) is 2.15. The number of aromatic nitrogens is 1. The van der Waals surface area contributed by atoms with Gasteiger partial charge in [0.25, 0.3) is 5.91 Å². The molecule has 5 heteroatoms. The quantitative estimate of drug-likeness (QED) is 0.770. The third kappa shape index (κ3) is 3.13. The third-order valence-corrected chi connectivity index (χ3v) is 3.00. The van der Waals surface area contributed by atoms with E-state index in [4.69, 9.17) is 5.11 Å². The Hall–Kier alpha value is -2.30. The highest BCUT2D eigenvalue weighted by Crippen LogP contribution is 2.17. The van der Waals surface area contributed by atoms with Gasteiger partial charge in [-0.3, -0.25) is 9.59 Å². The minimum atomic E-state index is -0.854. The molecule has 1 aromatic heterocycles. The SMILES string of the molecule is CC(CCC(=O)O)NC(=O)c1c[nH]c2ccccc12. The molecule has 0 bridgehead atoms. The first-order valence-electron chi connectivity index (χ1n) is 6.16. The average molecular weight is 260 g/mol. The van der Waals surface area contributed by atoms with Gasteiger partial charge in [0.15, 0.2) is 0 Å². The number of fused-ring (bicyclic) bond motifs is 1. The third-order valence-electron chi connectivity index (χ3n) is 3.00. The molecule has 0 radical (unpaired) electrons. The van der Waals surface area contributed by atoms with Crippen molar-refractivity contribution < 1.29 is 14.7 Å². The largest absolute Gasteiger partial charge is 0.481 e. The van der Waals surface area contributed by atoms with Gasteiger partial charge < -0.3 is 15.4 Å². The minimum Gasteiger partial charge on any atom is -0.481 e. The van der Waals surface area contributed by atoms with Crippen LogP contribution in [0.4, 0.5) is 0 Å². The van der Waals surface area contributed by atoms with E-state index in [1.165, 1.54) is 0 Å². The molecule has 1 atom stereocenters. The van der Waals surface area contributed by atoms with E-state index < -0.39 is 5.97 Å². The van der Waals surface area contributed by atoms with Crippen LogP contribution in [0.2, 0.25) is 0 Å². The smallest absolute Gasteiger partial charge is 0.303 e. The highest BCUT2D eigenvalue weighted by Gasteiger charge is 2.14. The monoisotopic (exact) mass is 260 g/mol. The number of carbonyl (C=O) groups is 2. The Labute approximate surface area is 110 Å². The number of aromatic amines is 1. The Morgan fingerprint density at radius 2 is 2.11 bits per heavy atom. The van der Waals surface area contributed by atoms with Crippen molar-refractivity contribution >= 4 is 22.8 Å². The number of carboxylic acids is 1. The minimum absolute atomic E-state index is 0.0509. The molecule has 2 aromatic rings. The van der Waals surface area contributed by atoms with Gasteiger partial charge in [0.05, 0.1) is 5.56 Å². The van der Waals surface area contributed by atoms with Crippen LogP contribution in [-0.2, 0) is 4.79 Å². The summed E-state index contributed by atoms with van der Waals surface area (Å²) in [5.41, 5.74) is 1.49. The van der Waals surface area contributed by atoms with Crippen molar-refractivity contribution in [3.05, 3.63) is 36.0 Å². The number of amides is 1. The number of hydrogen-bond acceptors (Lipinski definition) is 2. The van der Waals surface area contributed by atoms with E-state index in [0.717, 1.165) is 10.9 Å². The van der Waals surface area contributed by atoms with Crippen LogP contribution < -0.4 is 5.32 Å². The number of carbonyl (C=O) groups excluding carboxylic acids is 1. The maximum absolute atomic E-state index is 12.1. The molecule has 0 saturated carbocycles. The fourth-order valence-electron chi connectivity index (χ4n) is 1.97. The molecule has 1 amide bonds. The van der Waals surface area contributed by atoms with E-state index in [2.05, 4.69) is 10.3 Å². The van der Waals surface area contributed by atoms with Gasteiger partial charge in [-0.1, -0.05) is 18.2 Å². The Balaban J connectivity index is 2.05. The van der Waals surface area contributed by atoms with Gasteiger partial charge in [-0.15, -0.1) is 0 Å². The maximum Gasteiger partial charge on any atom is 0.303 e. The highest BCUT2D eigenvalue weighted by molar-refractivity contribution is 6.06. The molecule has 1 aromatic carbocycles. The first-order valence-corrected chi connectivity index (χ1v) is 6.16. The Bertz CT molecular complexity index is 604. The van der Waals surface area contributed by atoms with Crippen LogP contribution in [0.5, 0.6) is 0 Å². The van der Waals surface area contributed by atoms with Gasteiger partial charge in [0.1, 0.15) is 0 Å². The van der Waals surface area contributed by atoms with Crippen molar-refractivity contribution in [2.24, 2.45) is 0 Å². The summed E-state index contributed by atoms with van der Waals surface area (Å²) >= 11 is 0. The van der Waals surface area contributed by atoms with Gasteiger partial charge in [0, 0.05) is 29.6 Å². The lowest BCUT2D eigenvalue weighted by Gasteiger charge is -2.12. The van der Waals surface area contributed by atoms with Gasteiger partial charge in [-0.2, -0.15) is 0 Å². The highest BCUT2D eigenvalue weighted by atomic mass is 16.4. The average Bonchev–Trinajstić information content (AvgIpc) is 2.80. The molecule has 0 aliphatic carbocycles. The topological polar surface area (TPSA) is 82.2 Å². The molecule has 2 rings (SSSR count). The van der Waals surface area contributed by atoms with Gasteiger partial charge in [0.2, 0.25) is 0 Å². The predicted molar refractivity (Wildman–Crippen MR) is 72.1 cm³/mol. The van der Waals surface area contributed by atoms with Crippen LogP contribution >= 0.6 is 0 Å². The number of para-hydroxylation sites is 1. The zero-order valence-corrected chi connectivity index (χ0v) is 10.6. The van der Waals surface area contributed by atoms with Crippen LogP contribution in [-0.4, -0.2) is 28.0 Å². The first-order chi connectivity index (χ1) is 9.08. The maximum atomic E-state index is 12.1. The molecule has 19 heavy (non-hydrogen) atoms. The van der Waals surface area contributed by atoms with Crippen molar-refractivity contribution in [3.63, 3.8) is 0 Å². The van der Waals surface area contributed by atoms with Crippen molar-refractivity contribution in [2.45, 2.75) is 25.8 Å². The molecular weight excluding hydrogens is 244 g/mol. The zero-order chi connectivity index (χ0) is 13.8. The Kier molecular flexibility index (Phi) is 3.85. The van der Waals surface area contributed by atoms with Crippen LogP contribution in [0.15, 0.2) is 30.5 Å². The van der Waals surface area contributed by atoms with Crippen LogP contribution in [0.25, 0.3) is 10.9 Å². The summed E-state index contributed by atoms with van der Waals surface area (Å²) < 4.78 is 0. The van der Waals surface area contributed by atoms with E-state index in [9.17, 15) is 9.59 Å². The molecule has 0 aliphatic heterocycles. The number of nitrogens with one attached hydrogen (secondary N) is 2. The molecule has 100 valence electrons. The first kappa shape index (κ1) is 13.1. The number of rotatable bonds is 5. The lowest BCUT2D eigenvalue weighted by molar-refractivity contribution is -0.137. The molecule has 0 fully saturated rings. The van der Waals surface area contributed by atoms with E-state index in [0.29, 0.717) is 12.0 Å². The van der Waals surface area contributed by atoms with E-state index in [-0.39, 0.29) is 18.4 Å². The summed E-state index contributed by atoms with van der Waals surface area (Å²) in [6.45, 7) is 1.80. The molecule has 0 spiro atoms. The lowest BCUT2D eigenvalue weighted by Crippen LogP contribution is -2.32. The zero-order valence-electron chi connectivity index (χ0n) is 10.6. The van der Waals surface area contributed by atoms with Gasteiger partial charge >= 0.3 is 5.97 Å². The van der Waals surface area contributed by atoms with Crippen molar-refractivity contribution in [2.75, 3.05) is 0 Å². The van der Waals surface area contributed by atoms with Gasteiger partial charge in [-0.25, -0.2) is 0 Å². The summed E-state index contributed by atoms with van der Waals surface area (Å²) in [5, 5.41) is 12.3. The fourth-order valence-corrected chi connectivity index (χ4v) is 1.97.